The number of anilines is 1. The van der Waals surface area contributed by atoms with Crippen LogP contribution in [0.1, 0.15) is 35.8 Å². The molecule has 0 unspecified atom stereocenters. The topological polar surface area (TPSA) is 70.5 Å². The average molecular weight is 232 g/mol. The number of hydrogen-bond donors (Lipinski definition) is 1. The molecule has 1 aromatic heterocycles. The van der Waals surface area contributed by atoms with E-state index in [0.717, 1.165) is 18.5 Å². The molecule has 3 rings (SSSR count). The minimum atomic E-state index is -1.01. The van der Waals surface area contributed by atoms with Crippen LogP contribution in [0.5, 0.6) is 0 Å². The molecule has 0 atom stereocenters. The maximum atomic E-state index is 11.6. The van der Waals surface area contributed by atoms with E-state index in [0.29, 0.717) is 12.2 Å². The minimum Gasteiger partial charge on any atom is -0.478 e. The van der Waals surface area contributed by atoms with Crippen LogP contribution in [0.15, 0.2) is 12.3 Å². The molecule has 2 heterocycles. The van der Waals surface area contributed by atoms with Gasteiger partial charge in [0, 0.05) is 25.1 Å². The third-order valence-corrected chi connectivity index (χ3v) is 3.60. The summed E-state index contributed by atoms with van der Waals surface area (Å²) in [4.78, 5) is 28.4. The van der Waals surface area contributed by atoms with E-state index in [1.165, 1.54) is 13.1 Å². The van der Waals surface area contributed by atoms with Crippen LogP contribution >= 0.6 is 0 Å². The number of amides is 1. The van der Waals surface area contributed by atoms with Gasteiger partial charge in [-0.1, -0.05) is 0 Å². The molecule has 1 aromatic rings. The van der Waals surface area contributed by atoms with Crippen LogP contribution < -0.4 is 4.90 Å². The number of fused-ring (bicyclic) bond motifs is 2. The van der Waals surface area contributed by atoms with Crippen LogP contribution in [-0.4, -0.2) is 28.5 Å². The highest BCUT2D eigenvalue weighted by Crippen LogP contribution is 2.55. The van der Waals surface area contributed by atoms with E-state index in [2.05, 4.69) is 4.98 Å². The summed E-state index contributed by atoms with van der Waals surface area (Å²) in [5.41, 5.74) is 1.71. The Morgan fingerprint density at radius 3 is 2.71 bits per heavy atom. The van der Waals surface area contributed by atoms with Crippen LogP contribution in [0.4, 0.5) is 5.69 Å². The number of pyridine rings is 1. The molecule has 1 spiro atoms. The molecular weight excluding hydrogens is 220 g/mol. The van der Waals surface area contributed by atoms with Crippen molar-refractivity contribution in [2.45, 2.75) is 25.2 Å². The number of hydrogen-bond acceptors (Lipinski definition) is 3. The monoisotopic (exact) mass is 232 g/mol. The molecule has 88 valence electrons. The summed E-state index contributed by atoms with van der Waals surface area (Å²) in [6.07, 6.45) is 3.44. The van der Waals surface area contributed by atoms with Gasteiger partial charge in [0.25, 0.3) is 0 Å². The first-order valence-electron chi connectivity index (χ1n) is 5.55. The summed E-state index contributed by atoms with van der Waals surface area (Å²) in [5, 5.41) is 8.94. The maximum absolute atomic E-state index is 11.6. The summed E-state index contributed by atoms with van der Waals surface area (Å²) < 4.78 is 0. The molecule has 2 aliphatic rings. The molecule has 1 fully saturated rings. The predicted molar refractivity (Wildman–Crippen MR) is 60.1 cm³/mol. The van der Waals surface area contributed by atoms with Crippen molar-refractivity contribution in [2.24, 2.45) is 0 Å². The van der Waals surface area contributed by atoms with Crippen LogP contribution in [0.3, 0.4) is 0 Å². The number of carboxylic acid groups (broad SMARTS) is 1. The Hall–Kier alpha value is -1.91. The van der Waals surface area contributed by atoms with E-state index in [4.69, 9.17) is 5.11 Å². The van der Waals surface area contributed by atoms with Crippen molar-refractivity contribution in [1.29, 1.82) is 0 Å². The van der Waals surface area contributed by atoms with E-state index in [1.54, 1.807) is 11.0 Å². The molecule has 1 aliphatic carbocycles. The van der Waals surface area contributed by atoms with Crippen molar-refractivity contribution in [1.82, 2.24) is 4.98 Å². The first kappa shape index (κ1) is 10.3. The van der Waals surface area contributed by atoms with Gasteiger partial charge in [0.2, 0.25) is 5.91 Å². The number of carbonyl (C=O) groups excluding carboxylic acids is 1. The Bertz CT molecular complexity index is 535. The molecule has 0 aromatic carbocycles. The van der Waals surface area contributed by atoms with Crippen LogP contribution in [0.2, 0.25) is 0 Å². The highest BCUT2D eigenvalue weighted by atomic mass is 16.4. The zero-order chi connectivity index (χ0) is 12.2. The van der Waals surface area contributed by atoms with E-state index in [9.17, 15) is 9.59 Å². The van der Waals surface area contributed by atoms with Crippen molar-refractivity contribution in [3.8, 4) is 0 Å². The third-order valence-electron chi connectivity index (χ3n) is 3.60. The van der Waals surface area contributed by atoms with Crippen molar-refractivity contribution < 1.29 is 14.7 Å². The maximum Gasteiger partial charge on any atom is 0.337 e. The fraction of sp³-hybridized carbons (Fsp3) is 0.417. The van der Waals surface area contributed by atoms with Crippen molar-refractivity contribution >= 4 is 17.6 Å². The van der Waals surface area contributed by atoms with E-state index in [1.807, 2.05) is 0 Å². The van der Waals surface area contributed by atoms with Crippen molar-refractivity contribution in [2.75, 3.05) is 11.4 Å². The lowest BCUT2D eigenvalue weighted by atomic mass is 10.0. The van der Waals surface area contributed by atoms with Gasteiger partial charge in [-0.2, -0.15) is 0 Å². The smallest absolute Gasteiger partial charge is 0.337 e. The largest absolute Gasteiger partial charge is 0.478 e. The Labute approximate surface area is 98.1 Å². The summed E-state index contributed by atoms with van der Waals surface area (Å²) in [5.74, 6) is -1.07. The Morgan fingerprint density at radius 1 is 1.47 bits per heavy atom. The van der Waals surface area contributed by atoms with E-state index < -0.39 is 5.97 Å². The molecular formula is C12H12N2O3. The lowest BCUT2D eigenvalue weighted by Crippen LogP contribution is -2.29. The molecule has 1 aliphatic heterocycles. The first-order chi connectivity index (χ1) is 8.03. The average Bonchev–Trinajstić information content (AvgIpc) is 2.97. The Balaban J connectivity index is 2.13. The van der Waals surface area contributed by atoms with Gasteiger partial charge in [0.1, 0.15) is 0 Å². The van der Waals surface area contributed by atoms with Crippen LogP contribution in [0.25, 0.3) is 0 Å². The number of nitrogens with zero attached hydrogens (tertiary/aromatic N) is 2. The number of carboxylic acids is 1. The van der Waals surface area contributed by atoms with Gasteiger partial charge < -0.3 is 10.0 Å². The van der Waals surface area contributed by atoms with E-state index in [-0.39, 0.29) is 16.9 Å². The Morgan fingerprint density at radius 2 is 2.18 bits per heavy atom. The molecule has 1 saturated carbocycles. The van der Waals surface area contributed by atoms with Gasteiger partial charge in [-0.05, 0) is 18.9 Å². The number of aromatic nitrogens is 1. The minimum absolute atomic E-state index is 0.0119. The summed E-state index contributed by atoms with van der Waals surface area (Å²) >= 11 is 0. The highest BCUT2D eigenvalue weighted by Gasteiger charge is 2.54. The second-order valence-electron chi connectivity index (χ2n) is 4.78. The summed E-state index contributed by atoms with van der Waals surface area (Å²) in [6, 6.07) is 1.55. The second-order valence-corrected chi connectivity index (χ2v) is 4.78. The molecule has 0 bridgehead atoms. The zero-order valence-electron chi connectivity index (χ0n) is 9.43. The number of rotatable bonds is 1. The van der Waals surface area contributed by atoms with Gasteiger partial charge in [0.05, 0.1) is 16.9 Å². The molecule has 5 nitrogen and oxygen atoms in total. The normalized spacial score (nSPS) is 19.2. The fourth-order valence-corrected chi connectivity index (χ4v) is 2.47. The second kappa shape index (κ2) is 3.06. The van der Waals surface area contributed by atoms with Gasteiger partial charge in [-0.15, -0.1) is 0 Å². The van der Waals surface area contributed by atoms with Gasteiger partial charge in [-0.25, -0.2) is 4.79 Å². The summed E-state index contributed by atoms with van der Waals surface area (Å²) in [6.45, 7) is 2.15. The molecule has 17 heavy (non-hydrogen) atoms. The predicted octanol–water partition coefficient (Wildman–Crippen LogP) is 1.18. The molecule has 1 N–H and O–H groups in total. The molecule has 0 saturated heterocycles. The van der Waals surface area contributed by atoms with Crippen LogP contribution in [-0.2, 0) is 10.2 Å². The molecule has 0 radical (unpaired) electrons. The lowest BCUT2D eigenvalue weighted by Gasteiger charge is -2.14. The molecule has 1 amide bonds. The zero-order valence-corrected chi connectivity index (χ0v) is 9.43. The van der Waals surface area contributed by atoms with Gasteiger partial charge in [0.15, 0.2) is 0 Å². The highest BCUT2D eigenvalue weighted by molar-refractivity contribution is 5.97. The number of carbonyl (C=O) groups is 2. The SMILES string of the molecule is CC(=O)N1CC2(CC2)c2ncc(C(=O)O)cc21. The van der Waals surface area contributed by atoms with E-state index >= 15 is 0 Å². The Kier molecular flexibility index (Phi) is 1.85. The van der Waals surface area contributed by atoms with Gasteiger partial charge >= 0.3 is 5.97 Å². The fourth-order valence-electron chi connectivity index (χ4n) is 2.47. The van der Waals surface area contributed by atoms with Crippen LogP contribution in [0, 0.1) is 0 Å². The lowest BCUT2D eigenvalue weighted by molar-refractivity contribution is -0.116. The molecule has 5 heteroatoms. The first-order valence-corrected chi connectivity index (χ1v) is 5.55. The third kappa shape index (κ3) is 1.35. The quantitative estimate of drug-likeness (QED) is 0.789. The van der Waals surface area contributed by atoms with Gasteiger partial charge in [-0.3, -0.25) is 9.78 Å². The number of aromatic carboxylic acids is 1. The summed E-state index contributed by atoms with van der Waals surface area (Å²) in [7, 11) is 0. The van der Waals surface area contributed by atoms with Crippen molar-refractivity contribution in [3.63, 3.8) is 0 Å². The van der Waals surface area contributed by atoms with Crippen molar-refractivity contribution in [3.05, 3.63) is 23.5 Å². The standard InChI is InChI=1S/C12H12N2O3/c1-7(15)14-6-12(2-3-12)10-9(14)4-8(5-13-10)11(16)17/h4-5H,2-3,6H2,1H3,(H,16,17).